The van der Waals surface area contributed by atoms with Gasteiger partial charge in [-0.15, -0.1) is 0 Å². The maximum absolute atomic E-state index is 12.3. The van der Waals surface area contributed by atoms with Gasteiger partial charge in [0, 0.05) is 26.8 Å². The average molecular weight is 605 g/mol. The molecule has 0 atom stereocenters. The number of amides is 1. The van der Waals surface area contributed by atoms with Crippen molar-refractivity contribution in [2.45, 2.75) is 20.8 Å². The largest absolute Gasteiger partial charge is 0.505 e. The van der Waals surface area contributed by atoms with Gasteiger partial charge in [-0.1, -0.05) is 31.9 Å². The fourth-order valence-corrected chi connectivity index (χ4v) is 4.23. The normalized spacial score (nSPS) is 10.7. The van der Waals surface area contributed by atoms with E-state index in [2.05, 4.69) is 41.8 Å². The van der Waals surface area contributed by atoms with Crippen LogP contribution >= 0.6 is 31.9 Å². The SMILES string of the molecule is CC(=O)c1c(O)c(C)nc2ccc(Br)cc12.CON(C)C(=O)c1c(O)c(C)nc2ccc(Br)cc12. The van der Waals surface area contributed by atoms with Crippen LogP contribution in [0.4, 0.5) is 0 Å². The molecule has 2 heterocycles. The van der Waals surface area contributed by atoms with Gasteiger partial charge in [-0.25, -0.2) is 15.0 Å². The Bertz CT molecular complexity index is 1470. The first-order chi connectivity index (χ1) is 16.5. The number of carbonyl (C=O) groups is 2. The zero-order valence-corrected chi connectivity index (χ0v) is 22.9. The van der Waals surface area contributed by atoms with E-state index in [1.165, 1.54) is 21.1 Å². The lowest BCUT2D eigenvalue weighted by Gasteiger charge is -2.17. The number of Topliss-reactive ketones (excluding diaryl/α,β-unsaturated/α-hetero) is 1. The number of nitrogens with zero attached hydrogens (tertiary/aromatic N) is 3. The summed E-state index contributed by atoms with van der Waals surface area (Å²) in [7, 11) is 2.88. The lowest BCUT2D eigenvalue weighted by molar-refractivity contribution is -0.0757. The molecule has 2 aromatic heterocycles. The topological polar surface area (TPSA) is 113 Å². The number of pyridine rings is 2. The minimum absolute atomic E-state index is 0.0295. The molecule has 182 valence electrons. The summed E-state index contributed by atoms with van der Waals surface area (Å²) < 4.78 is 1.66. The molecule has 4 rings (SSSR count). The van der Waals surface area contributed by atoms with Crippen molar-refractivity contribution in [3.05, 3.63) is 67.9 Å². The van der Waals surface area contributed by atoms with Crippen molar-refractivity contribution in [1.29, 1.82) is 0 Å². The maximum Gasteiger partial charge on any atom is 0.281 e. The number of ketones is 1. The number of aryl methyl sites for hydroxylation is 2. The van der Waals surface area contributed by atoms with Gasteiger partial charge in [-0.2, -0.15) is 0 Å². The van der Waals surface area contributed by atoms with E-state index in [0.717, 1.165) is 14.0 Å². The van der Waals surface area contributed by atoms with Crippen molar-refractivity contribution in [2.75, 3.05) is 14.2 Å². The van der Waals surface area contributed by atoms with Crippen LogP contribution in [0.2, 0.25) is 0 Å². The van der Waals surface area contributed by atoms with Crippen LogP contribution in [-0.4, -0.2) is 51.1 Å². The summed E-state index contributed by atoms with van der Waals surface area (Å²) >= 11 is 6.69. The molecule has 0 saturated heterocycles. The zero-order valence-electron chi connectivity index (χ0n) is 19.7. The van der Waals surface area contributed by atoms with Crippen LogP contribution in [0, 0.1) is 13.8 Å². The molecule has 8 nitrogen and oxygen atoms in total. The lowest BCUT2D eigenvalue weighted by Crippen LogP contribution is -2.26. The third kappa shape index (κ3) is 5.44. The van der Waals surface area contributed by atoms with Crippen LogP contribution in [-0.2, 0) is 4.84 Å². The molecule has 2 aromatic carbocycles. The quantitative estimate of drug-likeness (QED) is 0.222. The predicted molar refractivity (Wildman–Crippen MR) is 141 cm³/mol. The maximum atomic E-state index is 12.3. The first-order valence-corrected chi connectivity index (χ1v) is 12.0. The summed E-state index contributed by atoms with van der Waals surface area (Å²) in [6, 6.07) is 10.8. The molecule has 0 aliphatic carbocycles. The molecule has 0 aliphatic rings. The van der Waals surface area contributed by atoms with Crippen LogP contribution in [0.1, 0.15) is 39.0 Å². The second-order valence-corrected chi connectivity index (χ2v) is 9.54. The summed E-state index contributed by atoms with van der Waals surface area (Å²) in [5.74, 6) is -0.739. The number of hydroxylamine groups is 2. The van der Waals surface area contributed by atoms with E-state index in [0.29, 0.717) is 38.8 Å². The number of fused-ring (bicyclic) bond motifs is 2. The van der Waals surface area contributed by atoms with Gasteiger partial charge in [0.25, 0.3) is 5.91 Å². The Labute approximate surface area is 218 Å². The number of hydrogen-bond donors (Lipinski definition) is 2. The summed E-state index contributed by atoms with van der Waals surface area (Å²) in [5.41, 5.74) is 2.76. The highest BCUT2D eigenvalue weighted by Crippen LogP contribution is 2.32. The minimum Gasteiger partial charge on any atom is -0.505 e. The standard InChI is InChI=1S/C13H13BrN2O3.C12H10BrNO2/c1-7-12(17)11(13(18)16(2)19-3)9-6-8(14)4-5-10(9)15-7;1-6-12(16)11(7(2)15)9-5-8(13)3-4-10(9)14-6/h4-6,17H,1-3H3;3-5,16H,1-2H3. The highest BCUT2D eigenvalue weighted by Gasteiger charge is 2.22. The molecule has 2 N–H and O–H groups in total. The van der Waals surface area contributed by atoms with Gasteiger partial charge >= 0.3 is 0 Å². The number of rotatable bonds is 3. The zero-order chi connectivity index (χ0) is 26.0. The second kappa shape index (κ2) is 10.7. The molecule has 0 saturated carbocycles. The summed E-state index contributed by atoms with van der Waals surface area (Å²) in [4.78, 5) is 37.2. The Hall–Kier alpha value is -3.08. The highest BCUT2D eigenvalue weighted by atomic mass is 79.9. The van der Waals surface area contributed by atoms with Gasteiger partial charge in [-0.3, -0.25) is 14.4 Å². The van der Waals surface area contributed by atoms with E-state index < -0.39 is 5.91 Å². The van der Waals surface area contributed by atoms with Gasteiger partial charge < -0.3 is 10.2 Å². The number of carbonyl (C=O) groups excluding carboxylic acids is 2. The van der Waals surface area contributed by atoms with Crippen molar-refractivity contribution in [2.24, 2.45) is 0 Å². The minimum atomic E-state index is -0.423. The lowest BCUT2D eigenvalue weighted by atomic mass is 10.0. The number of benzene rings is 2. The van der Waals surface area contributed by atoms with Crippen LogP contribution in [0.25, 0.3) is 21.8 Å². The van der Waals surface area contributed by atoms with Crippen LogP contribution in [0.5, 0.6) is 11.5 Å². The highest BCUT2D eigenvalue weighted by molar-refractivity contribution is 9.10. The molecule has 0 spiro atoms. The summed E-state index contributed by atoms with van der Waals surface area (Å²) in [6.45, 7) is 4.78. The monoisotopic (exact) mass is 603 g/mol. The Balaban J connectivity index is 0.000000198. The average Bonchev–Trinajstić information content (AvgIpc) is 2.80. The second-order valence-electron chi connectivity index (χ2n) is 7.71. The molecule has 0 bridgehead atoms. The molecular weight excluding hydrogens is 582 g/mol. The number of aromatic nitrogens is 2. The van der Waals surface area contributed by atoms with E-state index >= 15 is 0 Å². The summed E-state index contributed by atoms with van der Waals surface area (Å²) in [5, 5.41) is 22.3. The van der Waals surface area contributed by atoms with Crippen molar-refractivity contribution >= 4 is 65.4 Å². The van der Waals surface area contributed by atoms with Crippen LogP contribution in [0.15, 0.2) is 45.3 Å². The molecule has 0 unspecified atom stereocenters. The third-order valence-electron chi connectivity index (χ3n) is 5.32. The van der Waals surface area contributed by atoms with Gasteiger partial charge in [0.05, 0.1) is 40.7 Å². The Kier molecular flexibility index (Phi) is 8.09. The molecule has 10 heteroatoms. The smallest absolute Gasteiger partial charge is 0.281 e. The number of halogens is 2. The van der Waals surface area contributed by atoms with E-state index in [1.807, 2.05) is 18.2 Å². The molecule has 35 heavy (non-hydrogen) atoms. The molecule has 0 radical (unpaired) electrons. The third-order valence-corrected chi connectivity index (χ3v) is 6.30. The Morgan fingerprint density at radius 3 is 1.71 bits per heavy atom. The van der Waals surface area contributed by atoms with Crippen LogP contribution < -0.4 is 0 Å². The van der Waals surface area contributed by atoms with E-state index in [4.69, 9.17) is 4.84 Å². The molecule has 1 amide bonds. The first kappa shape index (κ1) is 26.5. The van der Waals surface area contributed by atoms with Gasteiger partial charge in [0.1, 0.15) is 11.5 Å². The van der Waals surface area contributed by atoms with E-state index in [9.17, 15) is 19.8 Å². The Morgan fingerprint density at radius 1 is 0.857 bits per heavy atom. The molecule has 0 aliphatic heterocycles. The molecule has 0 fully saturated rings. The first-order valence-electron chi connectivity index (χ1n) is 10.4. The Morgan fingerprint density at radius 2 is 1.29 bits per heavy atom. The van der Waals surface area contributed by atoms with E-state index in [-0.39, 0.29) is 22.8 Å². The van der Waals surface area contributed by atoms with Gasteiger partial charge in [0.2, 0.25) is 0 Å². The fraction of sp³-hybridized carbons (Fsp3) is 0.200. The number of aromatic hydroxyl groups is 2. The molecule has 4 aromatic rings. The van der Waals surface area contributed by atoms with Crippen molar-refractivity contribution in [3.63, 3.8) is 0 Å². The van der Waals surface area contributed by atoms with Crippen LogP contribution in [0.3, 0.4) is 0 Å². The number of hydrogen-bond acceptors (Lipinski definition) is 7. The van der Waals surface area contributed by atoms with Gasteiger partial charge in [-0.05, 0) is 57.2 Å². The van der Waals surface area contributed by atoms with Crippen molar-refractivity contribution in [3.8, 4) is 11.5 Å². The summed E-state index contributed by atoms with van der Waals surface area (Å²) in [6.07, 6.45) is 0. The van der Waals surface area contributed by atoms with Crippen molar-refractivity contribution < 1.29 is 24.6 Å². The van der Waals surface area contributed by atoms with Crippen molar-refractivity contribution in [1.82, 2.24) is 15.0 Å². The van der Waals surface area contributed by atoms with Gasteiger partial charge in [0.15, 0.2) is 5.78 Å². The predicted octanol–water partition coefficient (Wildman–Crippen LogP) is 5.86. The molecular formula is C25H23Br2N3O5. The van der Waals surface area contributed by atoms with E-state index in [1.54, 1.807) is 32.0 Å². The fourth-order valence-electron chi connectivity index (χ4n) is 3.51.